The summed E-state index contributed by atoms with van der Waals surface area (Å²) in [7, 11) is 1.64. The zero-order valence-electron chi connectivity index (χ0n) is 22.2. The summed E-state index contributed by atoms with van der Waals surface area (Å²) in [6, 6.07) is 13.6. The SMILES string of the molecule is COc1ccc(CN2C3CN(c4ccc(-c5cc(OCC6CC(C)C6)cn6ncc(C#N)c56)cn4)CC32)cn1. The molecule has 0 N–H and O–H groups in total. The van der Waals surface area contributed by atoms with Crippen molar-refractivity contribution in [3.63, 3.8) is 0 Å². The molecule has 0 bridgehead atoms. The highest BCUT2D eigenvalue weighted by Gasteiger charge is 2.53. The van der Waals surface area contributed by atoms with Crippen molar-refractivity contribution in [2.24, 2.45) is 11.8 Å². The molecule has 2 unspecified atom stereocenters. The highest BCUT2D eigenvalue weighted by atomic mass is 16.5. The van der Waals surface area contributed by atoms with Crippen molar-refractivity contribution in [1.29, 1.82) is 5.26 Å². The van der Waals surface area contributed by atoms with Crippen molar-refractivity contribution in [1.82, 2.24) is 24.5 Å². The van der Waals surface area contributed by atoms with Crippen LogP contribution in [-0.2, 0) is 6.54 Å². The molecule has 1 saturated carbocycles. The first kappa shape index (κ1) is 23.9. The van der Waals surface area contributed by atoms with E-state index in [1.54, 1.807) is 17.8 Å². The molecule has 3 aliphatic rings. The zero-order chi connectivity index (χ0) is 26.5. The van der Waals surface area contributed by atoms with Gasteiger partial charge in [-0.3, -0.25) is 4.90 Å². The van der Waals surface area contributed by atoms with Crippen molar-refractivity contribution in [3.05, 3.63) is 66.2 Å². The van der Waals surface area contributed by atoms with Gasteiger partial charge in [0.1, 0.15) is 17.6 Å². The maximum Gasteiger partial charge on any atom is 0.212 e. The number of piperazine rings is 1. The Morgan fingerprint density at radius 1 is 1.05 bits per heavy atom. The minimum atomic E-state index is 0.542. The smallest absolute Gasteiger partial charge is 0.212 e. The molecule has 9 nitrogen and oxygen atoms in total. The quantitative estimate of drug-likeness (QED) is 0.319. The second-order valence-corrected chi connectivity index (χ2v) is 11.1. The van der Waals surface area contributed by atoms with E-state index in [1.165, 1.54) is 18.4 Å². The van der Waals surface area contributed by atoms with Gasteiger partial charge in [0.2, 0.25) is 5.88 Å². The second-order valence-electron chi connectivity index (χ2n) is 11.1. The Kier molecular flexibility index (Phi) is 5.85. The van der Waals surface area contributed by atoms with Crippen LogP contribution in [0.15, 0.2) is 55.1 Å². The molecule has 7 rings (SSSR count). The molecule has 0 amide bonds. The van der Waals surface area contributed by atoms with Crippen molar-refractivity contribution in [3.8, 4) is 28.8 Å². The Balaban J connectivity index is 1.05. The van der Waals surface area contributed by atoms with Gasteiger partial charge in [-0.15, -0.1) is 0 Å². The molecule has 39 heavy (non-hydrogen) atoms. The fourth-order valence-corrected chi connectivity index (χ4v) is 6.26. The summed E-state index contributed by atoms with van der Waals surface area (Å²) in [4.78, 5) is 14.0. The zero-order valence-corrected chi connectivity index (χ0v) is 22.2. The number of pyridine rings is 3. The van der Waals surface area contributed by atoms with Crippen molar-refractivity contribution >= 4 is 11.3 Å². The van der Waals surface area contributed by atoms with E-state index in [0.29, 0.717) is 36.1 Å². The van der Waals surface area contributed by atoms with E-state index in [0.717, 1.165) is 53.8 Å². The van der Waals surface area contributed by atoms with Gasteiger partial charge in [0.05, 0.1) is 37.2 Å². The highest BCUT2D eigenvalue weighted by molar-refractivity contribution is 5.85. The maximum atomic E-state index is 9.69. The van der Waals surface area contributed by atoms with Crippen LogP contribution < -0.4 is 14.4 Å². The van der Waals surface area contributed by atoms with E-state index in [9.17, 15) is 5.26 Å². The van der Waals surface area contributed by atoms with Crippen LogP contribution >= 0.6 is 0 Å². The lowest BCUT2D eigenvalue weighted by atomic mass is 9.77. The second kappa shape index (κ2) is 9.54. The summed E-state index contributed by atoms with van der Waals surface area (Å²) < 4.78 is 13.1. The van der Waals surface area contributed by atoms with E-state index in [2.05, 4.69) is 51.1 Å². The Bertz CT molecular complexity index is 1520. The summed E-state index contributed by atoms with van der Waals surface area (Å²) in [6.07, 6.45) is 9.72. The van der Waals surface area contributed by atoms with E-state index in [1.807, 2.05) is 30.7 Å². The Hall–Kier alpha value is -4.16. The van der Waals surface area contributed by atoms with Gasteiger partial charge in [0.25, 0.3) is 0 Å². The first-order valence-corrected chi connectivity index (χ1v) is 13.6. The lowest BCUT2D eigenvalue weighted by molar-refractivity contribution is 0.130. The number of rotatable bonds is 8. The van der Waals surface area contributed by atoms with Crippen LogP contribution in [0.1, 0.15) is 30.9 Å². The van der Waals surface area contributed by atoms with Gasteiger partial charge in [-0.25, -0.2) is 14.5 Å². The summed E-state index contributed by atoms with van der Waals surface area (Å²) >= 11 is 0. The molecule has 2 saturated heterocycles. The van der Waals surface area contributed by atoms with Crippen molar-refractivity contribution in [2.75, 3.05) is 31.7 Å². The van der Waals surface area contributed by atoms with E-state index < -0.39 is 0 Å². The third kappa shape index (κ3) is 4.45. The molecular formula is C30H31N7O2. The van der Waals surface area contributed by atoms with E-state index in [4.69, 9.17) is 14.5 Å². The van der Waals surface area contributed by atoms with Crippen molar-refractivity contribution in [2.45, 2.75) is 38.4 Å². The molecule has 4 aromatic rings. The Labute approximate surface area is 227 Å². The van der Waals surface area contributed by atoms with Gasteiger partial charge < -0.3 is 14.4 Å². The lowest BCUT2D eigenvalue weighted by Gasteiger charge is -2.32. The number of hydrogen-bond donors (Lipinski definition) is 0. The molecule has 198 valence electrons. The number of nitriles is 1. The summed E-state index contributed by atoms with van der Waals surface area (Å²) in [5.74, 6) is 3.80. The highest BCUT2D eigenvalue weighted by Crippen LogP contribution is 2.39. The van der Waals surface area contributed by atoms with E-state index in [-0.39, 0.29) is 0 Å². The molecule has 0 aromatic carbocycles. The molecule has 0 radical (unpaired) electrons. The predicted octanol–water partition coefficient (Wildman–Crippen LogP) is 4.17. The molecule has 1 aliphatic carbocycles. The Morgan fingerprint density at radius 2 is 1.90 bits per heavy atom. The van der Waals surface area contributed by atoms with Crippen LogP contribution in [-0.4, -0.2) is 63.4 Å². The monoisotopic (exact) mass is 521 g/mol. The van der Waals surface area contributed by atoms with Gasteiger partial charge in [0.15, 0.2) is 0 Å². The number of hydrogen-bond acceptors (Lipinski definition) is 8. The van der Waals surface area contributed by atoms with E-state index >= 15 is 0 Å². The summed E-state index contributed by atoms with van der Waals surface area (Å²) in [5.41, 5.74) is 4.38. The molecule has 9 heteroatoms. The topological polar surface area (TPSA) is 91.6 Å². The van der Waals surface area contributed by atoms with Crippen LogP contribution in [0.4, 0.5) is 5.82 Å². The van der Waals surface area contributed by atoms with Gasteiger partial charge >= 0.3 is 0 Å². The summed E-state index contributed by atoms with van der Waals surface area (Å²) in [5, 5.41) is 14.1. The fraction of sp³-hybridized carbons (Fsp3) is 0.400. The Morgan fingerprint density at radius 3 is 2.56 bits per heavy atom. The van der Waals surface area contributed by atoms with Crippen LogP contribution in [0, 0.1) is 23.2 Å². The molecule has 0 spiro atoms. The summed E-state index contributed by atoms with van der Waals surface area (Å²) in [6.45, 7) is 5.84. The number of fused-ring (bicyclic) bond motifs is 2. The van der Waals surface area contributed by atoms with Gasteiger partial charge in [0, 0.05) is 61.3 Å². The molecular weight excluding hydrogens is 490 g/mol. The van der Waals surface area contributed by atoms with Gasteiger partial charge in [-0.1, -0.05) is 13.0 Å². The lowest BCUT2D eigenvalue weighted by Crippen LogP contribution is -2.29. The number of ether oxygens (including phenoxy) is 2. The normalized spacial score (nSPS) is 25.2. The minimum Gasteiger partial charge on any atom is -0.492 e. The average Bonchev–Trinajstić information content (AvgIpc) is 3.27. The number of methoxy groups -OCH3 is 1. The first-order valence-electron chi connectivity index (χ1n) is 13.6. The largest absolute Gasteiger partial charge is 0.492 e. The van der Waals surface area contributed by atoms with Crippen LogP contribution in [0.3, 0.4) is 0 Å². The average molecular weight is 522 g/mol. The molecule has 2 atom stereocenters. The minimum absolute atomic E-state index is 0.542. The fourth-order valence-electron chi connectivity index (χ4n) is 6.26. The molecule has 3 fully saturated rings. The van der Waals surface area contributed by atoms with Crippen LogP contribution in [0.5, 0.6) is 11.6 Å². The number of nitrogens with zero attached hydrogens (tertiary/aromatic N) is 7. The first-order chi connectivity index (χ1) is 19.1. The molecule has 2 aliphatic heterocycles. The number of aromatic nitrogens is 4. The van der Waals surface area contributed by atoms with Crippen LogP contribution in [0.2, 0.25) is 0 Å². The molecule has 6 heterocycles. The maximum absolute atomic E-state index is 9.69. The van der Waals surface area contributed by atoms with Crippen molar-refractivity contribution < 1.29 is 9.47 Å². The molecule has 4 aromatic heterocycles. The third-order valence-electron chi connectivity index (χ3n) is 8.44. The van der Waals surface area contributed by atoms with Gasteiger partial charge in [-0.2, -0.15) is 10.4 Å². The standard InChI is InChI=1S/C30H31N7O2/c1-19-7-21(8-19)18-39-24-9-25(30-23(10-31)13-34-37(30)15-24)22-4-5-28(32-12-22)35-16-26-27(17-35)36(26)14-20-3-6-29(38-2)33-11-20/h3-6,9,11-13,15,19,21,26-27H,7-8,14,16-18H2,1-2H3. The number of anilines is 1. The van der Waals surface area contributed by atoms with Gasteiger partial charge in [-0.05, 0) is 48.4 Å². The third-order valence-corrected chi connectivity index (χ3v) is 8.44. The predicted molar refractivity (Wildman–Crippen MR) is 147 cm³/mol. The van der Waals surface area contributed by atoms with Crippen LogP contribution in [0.25, 0.3) is 16.6 Å².